The first-order valence-corrected chi connectivity index (χ1v) is 6.87. The van der Waals surface area contributed by atoms with Crippen molar-refractivity contribution in [3.8, 4) is 5.75 Å². The second-order valence-electron chi connectivity index (χ2n) is 5.21. The van der Waals surface area contributed by atoms with Crippen molar-refractivity contribution in [1.29, 1.82) is 0 Å². The van der Waals surface area contributed by atoms with Crippen LogP contribution in [0.15, 0.2) is 36.4 Å². The third-order valence-corrected chi connectivity index (χ3v) is 3.39. The summed E-state index contributed by atoms with van der Waals surface area (Å²) in [5.74, 6) is -14.6. The molecule has 2 aromatic carbocycles. The molecule has 0 aliphatic rings. The van der Waals surface area contributed by atoms with E-state index in [-0.39, 0.29) is 49.9 Å². The van der Waals surface area contributed by atoms with E-state index in [0.717, 1.165) is 0 Å². The van der Waals surface area contributed by atoms with Gasteiger partial charge in [0.05, 0.1) is 6.61 Å². The summed E-state index contributed by atoms with van der Waals surface area (Å²) in [7, 11) is 0. The van der Waals surface area contributed by atoms with E-state index in [2.05, 4.69) is 6.07 Å². The zero-order valence-corrected chi connectivity index (χ0v) is 17.3. The Bertz CT molecular complexity index is 780. The van der Waals surface area contributed by atoms with Gasteiger partial charge in [-0.3, -0.25) is 0 Å². The fourth-order valence-corrected chi connectivity index (χ4v) is 1.93. The molecule has 0 fully saturated rings. The number of anilines is 1. The van der Waals surface area contributed by atoms with Crippen molar-refractivity contribution in [3.05, 3.63) is 59.4 Å². The number of rotatable bonds is 5. The third-order valence-electron chi connectivity index (χ3n) is 3.39. The summed E-state index contributed by atoms with van der Waals surface area (Å²) in [4.78, 5) is 0. The first-order chi connectivity index (χ1) is 11.9. The van der Waals surface area contributed by atoms with E-state index in [1.54, 1.807) is 0 Å². The number of hydrogen-bond donors (Lipinski definition) is 1. The van der Waals surface area contributed by atoms with E-state index in [4.69, 9.17) is 10.5 Å². The van der Waals surface area contributed by atoms with Crippen LogP contribution in [0.3, 0.4) is 0 Å². The largest absolute Gasteiger partial charge is 0.489 e. The maximum atomic E-state index is 13.7. The van der Waals surface area contributed by atoms with Crippen molar-refractivity contribution in [1.82, 2.24) is 0 Å². The SMILES string of the molecule is Nc1c(F)cc(C(F)(F)C(F)(F)C(F)(F)F)cc1OCc1cc[c-]cc1.[U]. The summed E-state index contributed by atoms with van der Waals surface area (Å²) in [6, 6.07) is 8.63. The van der Waals surface area contributed by atoms with Crippen LogP contribution in [0, 0.1) is 43.0 Å². The first-order valence-electron chi connectivity index (χ1n) is 6.87. The molecule has 0 saturated carbocycles. The van der Waals surface area contributed by atoms with Crippen molar-refractivity contribution in [2.45, 2.75) is 24.6 Å². The predicted octanol–water partition coefficient (Wildman–Crippen LogP) is 5.08. The molecule has 0 aromatic heterocycles. The summed E-state index contributed by atoms with van der Waals surface area (Å²) in [5.41, 5.74) is 3.05. The van der Waals surface area contributed by atoms with E-state index in [1.165, 1.54) is 24.3 Å². The van der Waals surface area contributed by atoms with Crippen LogP contribution in [-0.4, -0.2) is 12.1 Å². The molecule has 0 bridgehead atoms. The molecule has 0 spiro atoms. The Morgan fingerprint density at radius 1 is 0.963 bits per heavy atom. The van der Waals surface area contributed by atoms with Gasteiger partial charge in [0.2, 0.25) is 0 Å². The van der Waals surface area contributed by atoms with Gasteiger partial charge in [0, 0.05) is 36.7 Å². The van der Waals surface area contributed by atoms with E-state index >= 15 is 0 Å². The Hall–Kier alpha value is -1.47. The van der Waals surface area contributed by atoms with Gasteiger partial charge in [-0.1, -0.05) is 0 Å². The summed E-state index contributed by atoms with van der Waals surface area (Å²) in [6.07, 6.45) is -6.55. The van der Waals surface area contributed by atoms with Gasteiger partial charge in [-0.25, -0.2) is 4.39 Å². The predicted molar refractivity (Wildman–Crippen MR) is 75.3 cm³/mol. The Morgan fingerprint density at radius 2 is 1.52 bits per heavy atom. The zero-order chi connectivity index (χ0) is 19.8. The standard InChI is InChI=1S/C16H10F8NO.U/c17-11-6-10(14(18,19)15(20,21)16(22,23)24)7-12(13(11)25)26-8-9-4-2-1-3-5-9;/h2-7H,8,25H2;/q-1;. The van der Waals surface area contributed by atoms with Gasteiger partial charge >= 0.3 is 18.0 Å². The zero-order valence-electron chi connectivity index (χ0n) is 13.2. The van der Waals surface area contributed by atoms with E-state index in [1.807, 2.05) is 0 Å². The number of ether oxygens (including phenoxy) is 1. The van der Waals surface area contributed by atoms with Gasteiger partial charge in [0.25, 0.3) is 0 Å². The van der Waals surface area contributed by atoms with Crippen molar-refractivity contribution in [2.75, 3.05) is 5.73 Å². The van der Waals surface area contributed by atoms with Crippen LogP contribution < -0.4 is 10.5 Å². The van der Waals surface area contributed by atoms with Crippen LogP contribution in [0.2, 0.25) is 0 Å². The fraction of sp³-hybridized carbons (Fsp3) is 0.250. The van der Waals surface area contributed by atoms with Crippen LogP contribution in [0.5, 0.6) is 5.75 Å². The van der Waals surface area contributed by atoms with Crippen molar-refractivity contribution in [2.24, 2.45) is 0 Å². The molecule has 0 unspecified atom stereocenters. The van der Waals surface area contributed by atoms with Crippen molar-refractivity contribution >= 4 is 5.69 Å². The molecular formula is C16H10F8NOU-. The summed E-state index contributed by atoms with van der Waals surface area (Å²) < 4.78 is 109. The molecule has 0 amide bonds. The first kappa shape index (κ1) is 23.6. The molecule has 0 heterocycles. The van der Waals surface area contributed by atoms with Gasteiger partial charge in [-0.05, 0) is 12.1 Å². The molecule has 11 heteroatoms. The van der Waals surface area contributed by atoms with Crippen LogP contribution in [-0.2, 0) is 12.5 Å². The minimum absolute atomic E-state index is 0. The smallest absolute Gasteiger partial charge is 0.460 e. The topological polar surface area (TPSA) is 35.2 Å². The molecule has 0 radical (unpaired) electrons. The molecule has 0 atom stereocenters. The van der Waals surface area contributed by atoms with Crippen molar-refractivity contribution < 1.29 is 71.0 Å². The number of nitrogen functional groups attached to an aromatic ring is 1. The fourth-order valence-electron chi connectivity index (χ4n) is 1.93. The van der Waals surface area contributed by atoms with Gasteiger partial charge < -0.3 is 10.5 Å². The molecule has 0 aliphatic heterocycles. The molecule has 2 rings (SSSR count). The van der Waals surface area contributed by atoms with E-state index < -0.39 is 40.8 Å². The number of alkyl halides is 7. The molecule has 27 heavy (non-hydrogen) atoms. The average Bonchev–Trinajstić information content (AvgIpc) is 2.55. The second-order valence-corrected chi connectivity index (χ2v) is 5.21. The van der Waals surface area contributed by atoms with Crippen LogP contribution in [0.25, 0.3) is 0 Å². The van der Waals surface area contributed by atoms with E-state index in [9.17, 15) is 35.1 Å². The Balaban J connectivity index is 0.00000364. The van der Waals surface area contributed by atoms with Gasteiger partial charge in [-0.15, -0.1) is 5.56 Å². The van der Waals surface area contributed by atoms with Gasteiger partial charge in [0.1, 0.15) is 17.3 Å². The maximum absolute atomic E-state index is 13.7. The van der Waals surface area contributed by atoms with Crippen LogP contribution in [0.1, 0.15) is 11.1 Å². The molecule has 2 N–H and O–H groups in total. The monoisotopic (exact) mass is 622 g/mol. The minimum Gasteiger partial charge on any atom is -0.489 e. The number of halogens is 8. The third kappa shape index (κ3) is 4.69. The average molecular weight is 622 g/mol. The molecule has 0 saturated heterocycles. The molecular weight excluding hydrogens is 612 g/mol. The molecule has 2 aromatic rings. The van der Waals surface area contributed by atoms with Gasteiger partial charge in [0.15, 0.2) is 0 Å². The Morgan fingerprint density at radius 3 is 2.04 bits per heavy atom. The number of benzene rings is 2. The normalized spacial score (nSPS) is 12.4. The molecule has 0 aliphatic carbocycles. The second kappa shape index (κ2) is 8.27. The molecule has 146 valence electrons. The van der Waals surface area contributed by atoms with Crippen molar-refractivity contribution in [3.63, 3.8) is 0 Å². The maximum Gasteiger partial charge on any atom is 0.460 e. The summed E-state index contributed by atoms with van der Waals surface area (Å²) >= 11 is 0. The van der Waals surface area contributed by atoms with Gasteiger partial charge in [-0.2, -0.15) is 61.1 Å². The summed E-state index contributed by atoms with van der Waals surface area (Å²) in [5, 5.41) is 0. The number of hydrogen-bond acceptors (Lipinski definition) is 2. The minimum atomic E-state index is -6.55. The Kier molecular flexibility index (Phi) is 7.22. The van der Waals surface area contributed by atoms with Crippen LogP contribution in [0.4, 0.5) is 40.8 Å². The Labute approximate surface area is 172 Å². The number of nitrogens with two attached hydrogens (primary N) is 1. The molecule has 2 nitrogen and oxygen atoms in total. The summed E-state index contributed by atoms with van der Waals surface area (Å²) in [6.45, 7) is -0.316. The quantitative estimate of drug-likeness (QED) is 0.287. The van der Waals surface area contributed by atoms with E-state index in [0.29, 0.717) is 5.56 Å². The van der Waals surface area contributed by atoms with Crippen LogP contribution >= 0.6 is 0 Å².